The third-order valence-electron chi connectivity index (χ3n) is 9.41. The van der Waals surface area contributed by atoms with Crippen molar-refractivity contribution < 1.29 is 22.7 Å². The molecule has 6 rings (SSSR count). The van der Waals surface area contributed by atoms with Crippen LogP contribution in [-0.2, 0) is 26.1 Å². The van der Waals surface area contributed by atoms with Crippen molar-refractivity contribution in [2.24, 2.45) is 5.92 Å². The first-order chi connectivity index (χ1) is 21.2. The molecule has 1 unspecified atom stereocenters. The molecule has 4 aliphatic heterocycles. The average Bonchev–Trinajstić information content (AvgIpc) is 3.02. The summed E-state index contributed by atoms with van der Waals surface area (Å²) in [5, 5.41) is 5.49. The summed E-state index contributed by atoms with van der Waals surface area (Å²) < 4.78 is 31.2. The summed E-state index contributed by atoms with van der Waals surface area (Å²) in [5.41, 5.74) is 6.74. The minimum Gasteiger partial charge on any atom is -0.379 e. The van der Waals surface area contributed by atoms with E-state index in [1.165, 1.54) is 10.6 Å². The Labute approximate surface area is 259 Å². The zero-order valence-electron chi connectivity index (χ0n) is 25.6. The van der Waals surface area contributed by atoms with Crippen LogP contribution >= 0.6 is 0 Å². The summed E-state index contributed by atoms with van der Waals surface area (Å²) in [6.45, 7) is 7.18. The molecule has 0 saturated carbocycles. The van der Waals surface area contributed by atoms with Gasteiger partial charge in [0.05, 0.1) is 37.6 Å². The maximum Gasteiger partial charge on any atom is 0.331 e. The second kappa shape index (κ2) is 13.0. The zero-order chi connectivity index (χ0) is 30.8. The van der Waals surface area contributed by atoms with Crippen LogP contribution in [-0.4, -0.2) is 104 Å². The summed E-state index contributed by atoms with van der Waals surface area (Å²) in [4.78, 5) is 35.8. The molecule has 1 aromatic heterocycles. The largest absolute Gasteiger partial charge is 0.379 e. The maximum atomic E-state index is 14.2. The maximum absolute atomic E-state index is 14.2. The highest BCUT2D eigenvalue weighted by Crippen LogP contribution is 2.41. The number of anilines is 2. The van der Waals surface area contributed by atoms with E-state index in [4.69, 9.17) is 9.72 Å². The van der Waals surface area contributed by atoms with Crippen molar-refractivity contribution in [1.29, 1.82) is 0 Å². The Morgan fingerprint density at radius 1 is 0.955 bits per heavy atom. The SMILES string of the molecule is Cc1ccccc1N1Cc2ccc(NC3CCN(C(=O)NN4CCOCC4)CC3)nc2C(C2CCN(S(C)(=O)=O)CC2)C1=O. The van der Waals surface area contributed by atoms with Gasteiger partial charge in [-0.05, 0) is 61.8 Å². The number of likely N-dealkylation sites (tertiary alicyclic amines) is 1. The van der Waals surface area contributed by atoms with Crippen molar-refractivity contribution >= 4 is 33.5 Å². The number of aromatic nitrogens is 1. The Morgan fingerprint density at radius 3 is 2.34 bits per heavy atom. The van der Waals surface area contributed by atoms with E-state index in [2.05, 4.69) is 16.8 Å². The lowest BCUT2D eigenvalue weighted by Crippen LogP contribution is -2.54. The van der Waals surface area contributed by atoms with Crippen molar-refractivity contribution in [3.63, 3.8) is 0 Å². The van der Waals surface area contributed by atoms with Crippen LogP contribution in [0.4, 0.5) is 16.3 Å². The van der Waals surface area contributed by atoms with Crippen LogP contribution in [0.2, 0.25) is 0 Å². The molecule has 5 heterocycles. The molecule has 1 aromatic carbocycles. The Morgan fingerprint density at radius 2 is 1.66 bits per heavy atom. The number of hydrazine groups is 1. The summed E-state index contributed by atoms with van der Waals surface area (Å²) in [6, 6.07) is 12.1. The van der Waals surface area contributed by atoms with Gasteiger partial charge in [-0.2, -0.15) is 0 Å². The Kier molecular flexibility index (Phi) is 9.08. The second-order valence-corrected chi connectivity index (χ2v) is 14.3. The molecule has 238 valence electrons. The molecule has 2 aromatic rings. The summed E-state index contributed by atoms with van der Waals surface area (Å²) in [5.74, 6) is 0.291. The molecule has 13 heteroatoms. The minimum absolute atomic E-state index is 0.0120. The van der Waals surface area contributed by atoms with Crippen molar-refractivity contribution in [2.45, 2.75) is 51.1 Å². The van der Waals surface area contributed by atoms with E-state index < -0.39 is 15.9 Å². The number of hydrogen-bond acceptors (Lipinski definition) is 8. The van der Waals surface area contributed by atoms with Crippen molar-refractivity contribution in [1.82, 2.24) is 24.6 Å². The van der Waals surface area contributed by atoms with Gasteiger partial charge in [-0.1, -0.05) is 24.3 Å². The van der Waals surface area contributed by atoms with Gasteiger partial charge >= 0.3 is 6.03 Å². The number of hydrogen-bond donors (Lipinski definition) is 2. The Balaban J connectivity index is 1.17. The number of pyridine rings is 1. The van der Waals surface area contributed by atoms with Crippen LogP contribution < -0.4 is 15.6 Å². The molecule has 44 heavy (non-hydrogen) atoms. The third-order valence-corrected chi connectivity index (χ3v) is 10.7. The number of para-hydroxylation sites is 1. The van der Waals surface area contributed by atoms with Crippen LogP contribution in [0.1, 0.15) is 48.4 Å². The highest BCUT2D eigenvalue weighted by Gasteiger charge is 2.42. The summed E-state index contributed by atoms with van der Waals surface area (Å²) >= 11 is 0. The fraction of sp³-hybridized carbons (Fsp3) is 0.581. The number of rotatable bonds is 6. The number of urea groups is 1. The molecule has 3 saturated heterocycles. The van der Waals surface area contributed by atoms with Crippen LogP contribution in [0.15, 0.2) is 36.4 Å². The molecule has 3 fully saturated rings. The van der Waals surface area contributed by atoms with E-state index in [-0.39, 0.29) is 23.9 Å². The van der Waals surface area contributed by atoms with E-state index in [1.54, 1.807) is 0 Å². The lowest BCUT2D eigenvalue weighted by Gasteiger charge is -2.40. The number of nitrogens with one attached hydrogen (secondary N) is 2. The molecule has 1 atom stereocenters. The van der Waals surface area contributed by atoms with Gasteiger partial charge in [0, 0.05) is 51.0 Å². The number of carbonyl (C=O) groups is 2. The normalized spacial score (nSPS) is 23.0. The Hall–Kier alpha value is -3.26. The first-order valence-electron chi connectivity index (χ1n) is 15.6. The predicted molar refractivity (Wildman–Crippen MR) is 168 cm³/mol. The predicted octanol–water partition coefficient (Wildman–Crippen LogP) is 2.53. The monoisotopic (exact) mass is 625 g/mol. The number of benzene rings is 1. The topological polar surface area (TPSA) is 127 Å². The van der Waals surface area contributed by atoms with Gasteiger partial charge < -0.3 is 19.9 Å². The quantitative estimate of drug-likeness (QED) is 0.502. The van der Waals surface area contributed by atoms with Gasteiger partial charge in [0.15, 0.2) is 0 Å². The highest BCUT2D eigenvalue weighted by atomic mass is 32.2. The van der Waals surface area contributed by atoms with E-state index in [9.17, 15) is 18.0 Å². The van der Waals surface area contributed by atoms with Crippen LogP contribution in [0, 0.1) is 12.8 Å². The molecule has 3 amide bonds. The van der Waals surface area contributed by atoms with Crippen LogP contribution in [0.5, 0.6) is 0 Å². The number of carbonyl (C=O) groups excluding carboxylic acids is 2. The van der Waals surface area contributed by atoms with Crippen LogP contribution in [0.25, 0.3) is 0 Å². The van der Waals surface area contributed by atoms with Gasteiger partial charge in [0.2, 0.25) is 15.9 Å². The molecular formula is C31H43N7O5S. The van der Waals surface area contributed by atoms with Gasteiger partial charge in [-0.25, -0.2) is 27.5 Å². The molecule has 0 radical (unpaired) electrons. The number of morpholine rings is 1. The first kappa shape index (κ1) is 30.8. The number of ether oxygens (including phenoxy) is 1. The van der Waals surface area contributed by atoms with Crippen molar-refractivity contribution in [2.75, 3.05) is 69.0 Å². The fourth-order valence-corrected chi connectivity index (χ4v) is 7.75. The van der Waals surface area contributed by atoms with E-state index in [0.29, 0.717) is 71.9 Å². The number of sulfonamides is 1. The summed E-state index contributed by atoms with van der Waals surface area (Å²) in [7, 11) is -3.28. The number of amides is 3. The van der Waals surface area contributed by atoms with Gasteiger partial charge in [0.25, 0.3) is 0 Å². The second-order valence-electron chi connectivity index (χ2n) is 12.4. The number of aryl methyl sites for hydroxylation is 1. The van der Waals surface area contributed by atoms with Crippen molar-refractivity contribution in [3.05, 3.63) is 53.2 Å². The zero-order valence-corrected chi connectivity index (χ0v) is 26.4. The first-order valence-corrected chi connectivity index (χ1v) is 17.5. The molecule has 0 bridgehead atoms. The van der Waals surface area contributed by atoms with Gasteiger partial charge in [-0.15, -0.1) is 0 Å². The lowest BCUT2D eigenvalue weighted by atomic mass is 9.78. The van der Waals surface area contributed by atoms with Gasteiger partial charge in [0.1, 0.15) is 5.82 Å². The average molecular weight is 626 g/mol. The molecule has 0 spiro atoms. The van der Waals surface area contributed by atoms with Crippen molar-refractivity contribution in [3.8, 4) is 0 Å². The smallest absolute Gasteiger partial charge is 0.331 e. The molecule has 4 aliphatic rings. The van der Waals surface area contributed by atoms with Gasteiger partial charge in [-0.3, -0.25) is 10.2 Å². The highest BCUT2D eigenvalue weighted by molar-refractivity contribution is 7.88. The van der Waals surface area contributed by atoms with E-state index >= 15 is 0 Å². The summed E-state index contributed by atoms with van der Waals surface area (Å²) in [6.07, 6.45) is 4.05. The molecular weight excluding hydrogens is 582 g/mol. The number of nitrogens with zero attached hydrogens (tertiary/aromatic N) is 5. The molecule has 2 N–H and O–H groups in total. The molecule has 12 nitrogen and oxygen atoms in total. The van der Waals surface area contributed by atoms with Crippen LogP contribution in [0.3, 0.4) is 0 Å². The van der Waals surface area contributed by atoms with E-state index in [0.717, 1.165) is 41.2 Å². The lowest BCUT2D eigenvalue weighted by molar-refractivity contribution is -0.122. The Bertz CT molecular complexity index is 1470. The fourth-order valence-electron chi connectivity index (χ4n) is 6.87. The number of piperidine rings is 2. The third kappa shape index (κ3) is 6.70. The standard InChI is InChI=1S/C31H43N7O5S/c1-22-5-3-4-6-26(22)38-21-24-7-8-27(32-25-11-13-35(14-12-25)31(40)34-36-17-19-43-20-18-36)33-29(24)28(30(38)39)23-9-15-37(16-10-23)44(2,41)42/h3-8,23,25,28H,9-21H2,1-2H3,(H,32,33)(H,34,40). The van der Waals surface area contributed by atoms with E-state index in [1.807, 2.05) is 52.1 Å². The molecule has 0 aliphatic carbocycles. The number of fused-ring (bicyclic) bond motifs is 1. The minimum atomic E-state index is -3.28.